The predicted molar refractivity (Wildman–Crippen MR) is 399 cm³/mol. The molecular formula is C82H141NO8P+. The zero-order valence-electron chi connectivity index (χ0n) is 60.0. The first kappa shape index (κ1) is 87.9. The molecular weight excluding hydrogens is 1160 g/mol. The summed E-state index contributed by atoms with van der Waals surface area (Å²) in [5.74, 6) is -0.824. The van der Waals surface area contributed by atoms with Gasteiger partial charge in [0.2, 0.25) is 0 Å². The Bertz CT molecular complexity index is 2070. The molecule has 0 aliphatic carbocycles. The van der Waals surface area contributed by atoms with Gasteiger partial charge in [0.1, 0.15) is 19.8 Å². The number of phosphoric acid groups is 1. The Morgan fingerprint density at radius 3 is 0.924 bits per heavy atom. The molecule has 92 heavy (non-hydrogen) atoms. The number of allylic oxidation sites excluding steroid dienone is 24. The van der Waals surface area contributed by atoms with Crippen LogP contribution in [0.2, 0.25) is 0 Å². The molecule has 2 unspecified atom stereocenters. The van der Waals surface area contributed by atoms with Crippen molar-refractivity contribution in [2.75, 3.05) is 47.5 Å². The smallest absolute Gasteiger partial charge is 0.462 e. The highest BCUT2D eigenvalue weighted by Gasteiger charge is 2.27. The van der Waals surface area contributed by atoms with Crippen LogP contribution in [0.25, 0.3) is 0 Å². The normalized spacial score (nSPS) is 13.9. The van der Waals surface area contributed by atoms with Crippen molar-refractivity contribution in [2.45, 2.75) is 315 Å². The summed E-state index contributed by atoms with van der Waals surface area (Å²) >= 11 is 0. The Kier molecular flexibility index (Phi) is 68.0. The molecule has 0 rings (SSSR count). The van der Waals surface area contributed by atoms with Crippen molar-refractivity contribution in [1.29, 1.82) is 0 Å². The molecule has 1 N–H and O–H groups in total. The maximum absolute atomic E-state index is 12.9. The molecule has 0 heterocycles. The minimum atomic E-state index is -4.41. The van der Waals surface area contributed by atoms with E-state index in [1.54, 1.807) is 0 Å². The molecule has 0 fully saturated rings. The van der Waals surface area contributed by atoms with Gasteiger partial charge in [-0.15, -0.1) is 0 Å². The summed E-state index contributed by atoms with van der Waals surface area (Å²) in [4.78, 5) is 35.9. The van der Waals surface area contributed by atoms with Crippen molar-refractivity contribution in [3.63, 3.8) is 0 Å². The van der Waals surface area contributed by atoms with E-state index in [4.69, 9.17) is 18.5 Å². The number of phosphoric ester groups is 1. The van der Waals surface area contributed by atoms with Crippen LogP contribution in [0, 0.1) is 0 Å². The zero-order valence-corrected chi connectivity index (χ0v) is 60.9. The average Bonchev–Trinajstić information content (AvgIpc) is 2.23. The number of hydrogen-bond donors (Lipinski definition) is 1. The molecule has 0 spiro atoms. The van der Waals surface area contributed by atoms with Crippen LogP contribution in [0.15, 0.2) is 146 Å². The fourth-order valence-electron chi connectivity index (χ4n) is 10.2. The molecule has 0 saturated heterocycles. The zero-order chi connectivity index (χ0) is 66.9. The molecule has 0 bridgehead atoms. The second-order valence-corrected chi connectivity index (χ2v) is 27.4. The molecule has 10 heteroatoms. The molecule has 0 radical (unpaired) electrons. The summed E-state index contributed by atoms with van der Waals surface area (Å²) in [6, 6.07) is 0. The van der Waals surface area contributed by atoms with Crippen LogP contribution < -0.4 is 0 Å². The summed E-state index contributed by atoms with van der Waals surface area (Å²) in [6.07, 6.45) is 105. The Hall–Kier alpha value is -4.11. The van der Waals surface area contributed by atoms with Crippen molar-refractivity contribution in [3.05, 3.63) is 146 Å². The lowest BCUT2D eigenvalue weighted by Crippen LogP contribution is -2.37. The van der Waals surface area contributed by atoms with Gasteiger partial charge in [0, 0.05) is 12.8 Å². The third-order valence-corrected chi connectivity index (χ3v) is 16.9. The number of rotatable bonds is 68. The van der Waals surface area contributed by atoms with E-state index in [9.17, 15) is 19.0 Å². The lowest BCUT2D eigenvalue weighted by atomic mass is 10.0. The maximum atomic E-state index is 12.9. The number of esters is 2. The van der Waals surface area contributed by atoms with E-state index in [1.807, 2.05) is 21.1 Å². The van der Waals surface area contributed by atoms with Crippen molar-refractivity contribution in [3.8, 4) is 0 Å². The van der Waals surface area contributed by atoms with Gasteiger partial charge in [0.05, 0.1) is 27.7 Å². The topological polar surface area (TPSA) is 108 Å². The number of hydrogen-bond acceptors (Lipinski definition) is 7. The van der Waals surface area contributed by atoms with E-state index in [1.165, 1.54) is 154 Å². The van der Waals surface area contributed by atoms with Crippen LogP contribution in [0.1, 0.15) is 309 Å². The van der Waals surface area contributed by atoms with E-state index in [0.717, 1.165) is 122 Å². The number of nitrogens with zero attached hydrogens (tertiary/aromatic N) is 1. The van der Waals surface area contributed by atoms with Crippen LogP contribution in [0.3, 0.4) is 0 Å². The Labute approximate surface area is 567 Å². The standard InChI is InChI=1S/C82H140NO8P/c1-6-8-10-12-14-16-18-20-22-24-26-28-30-32-34-35-36-37-38-39-40-41-42-43-44-45-46-47-49-51-53-55-57-59-61-63-65-67-69-71-73-75-82(85)91-80(79-90-92(86,87)89-77-76-83(3,4)5)78-88-81(84)74-72-70-68-66-64-62-60-58-56-54-52-50-48-33-31-29-27-25-23-21-19-17-15-13-11-9-7-2/h8,10,14,16,20,22,26,28,32,34,36-37,39-40,42-43,45-46,49,51,55,57,61,63,80H,6-7,9,11-13,15,17-19,21,23-25,27,29-31,33,35,38,41,44,47-48,50,52-54,56,58-60,62,64-79H2,1-5H3/p+1/b10-8-,16-14-,22-20-,28-26-,34-32-,37-36-,40-39-,43-42-,46-45-,51-49-,57-55-,63-61-. The van der Waals surface area contributed by atoms with Gasteiger partial charge in [0.25, 0.3) is 0 Å². The molecule has 0 aliphatic rings. The molecule has 0 aromatic carbocycles. The van der Waals surface area contributed by atoms with Crippen LogP contribution in [-0.2, 0) is 32.7 Å². The number of carbonyl (C=O) groups excluding carboxylic acids is 2. The summed E-state index contributed by atoms with van der Waals surface area (Å²) in [6.45, 7) is 4.31. The third kappa shape index (κ3) is 74.9. The molecule has 0 aromatic rings. The second-order valence-electron chi connectivity index (χ2n) is 26.0. The number of likely N-dealkylation sites (N-methyl/N-ethyl adjacent to an activating group) is 1. The van der Waals surface area contributed by atoms with E-state index in [-0.39, 0.29) is 32.0 Å². The molecule has 526 valence electrons. The van der Waals surface area contributed by atoms with Crippen molar-refractivity contribution < 1.29 is 42.1 Å². The van der Waals surface area contributed by atoms with Crippen molar-refractivity contribution in [1.82, 2.24) is 0 Å². The van der Waals surface area contributed by atoms with Crippen molar-refractivity contribution in [2.24, 2.45) is 0 Å². The van der Waals surface area contributed by atoms with Crippen LogP contribution in [0.4, 0.5) is 0 Å². The van der Waals surface area contributed by atoms with Gasteiger partial charge in [-0.1, -0.05) is 339 Å². The highest BCUT2D eigenvalue weighted by Crippen LogP contribution is 2.43. The van der Waals surface area contributed by atoms with Gasteiger partial charge < -0.3 is 18.9 Å². The molecule has 9 nitrogen and oxygen atoms in total. The molecule has 0 saturated carbocycles. The lowest BCUT2D eigenvalue weighted by Gasteiger charge is -2.24. The number of carbonyl (C=O) groups is 2. The highest BCUT2D eigenvalue weighted by molar-refractivity contribution is 7.47. The third-order valence-electron chi connectivity index (χ3n) is 15.9. The van der Waals surface area contributed by atoms with Gasteiger partial charge in [-0.3, -0.25) is 18.6 Å². The maximum Gasteiger partial charge on any atom is 0.472 e. The number of unbranched alkanes of at least 4 members (excludes halogenated alkanes) is 30. The van der Waals surface area contributed by atoms with E-state index in [0.29, 0.717) is 17.4 Å². The van der Waals surface area contributed by atoms with E-state index in [2.05, 4.69) is 160 Å². The van der Waals surface area contributed by atoms with Gasteiger partial charge in [0.15, 0.2) is 6.10 Å². The number of quaternary nitrogens is 1. The highest BCUT2D eigenvalue weighted by atomic mass is 31.2. The lowest BCUT2D eigenvalue weighted by molar-refractivity contribution is -0.870. The number of ether oxygens (including phenoxy) is 2. The fourth-order valence-corrected chi connectivity index (χ4v) is 10.9. The van der Waals surface area contributed by atoms with Gasteiger partial charge in [-0.05, 0) is 103 Å². The molecule has 0 aromatic heterocycles. The van der Waals surface area contributed by atoms with Crippen molar-refractivity contribution >= 4 is 19.8 Å². The predicted octanol–water partition coefficient (Wildman–Crippen LogP) is 24.9. The molecule has 2 atom stereocenters. The summed E-state index contributed by atoms with van der Waals surface area (Å²) in [5, 5.41) is 0. The van der Waals surface area contributed by atoms with Gasteiger partial charge in [-0.2, -0.15) is 0 Å². The Balaban J connectivity index is 4.13. The van der Waals surface area contributed by atoms with E-state index >= 15 is 0 Å². The van der Waals surface area contributed by atoms with Gasteiger partial charge >= 0.3 is 19.8 Å². The fraction of sp³-hybridized carbons (Fsp3) is 0.683. The van der Waals surface area contributed by atoms with Crippen LogP contribution >= 0.6 is 7.82 Å². The van der Waals surface area contributed by atoms with Crippen LogP contribution in [0.5, 0.6) is 0 Å². The first-order valence-corrected chi connectivity index (χ1v) is 39.1. The minimum absolute atomic E-state index is 0.0208. The van der Waals surface area contributed by atoms with E-state index < -0.39 is 26.5 Å². The summed E-state index contributed by atoms with van der Waals surface area (Å²) in [7, 11) is 1.45. The largest absolute Gasteiger partial charge is 0.472 e. The molecule has 0 amide bonds. The quantitative estimate of drug-likeness (QED) is 0.0211. The molecule has 0 aliphatic heterocycles. The first-order valence-electron chi connectivity index (χ1n) is 37.6. The average molecular weight is 1300 g/mol. The second kappa shape index (κ2) is 71.2. The van der Waals surface area contributed by atoms with Gasteiger partial charge in [-0.25, -0.2) is 4.57 Å². The summed E-state index contributed by atoms with van der Waals surface area (Å²) in [5.41, 5.74) is 0. The van der Waals surface area contributed by atoms with Crippen LogP contribution in [-0.4, -0.2) is 74.9 Å². The Morgan fingerprint density at radius 2 is 0.620 bits per heavy atom. The SMILES string of the molecule is CC/C=C\C/C=C\C/C=C\C/C=C\C/C=C\C/C=C\C/C=C\C/C=C\C/C=C\C/C=C\C/C=C\C/C=C\CCCCCCC(=O)OC(COC(=O)CCCCCCCCCCCCCCCCCCCCCCCCCCCCC)COP(=O)(O)OCC[N+](C)(C)C. The minimum Gasteiger partial charge on any atom is -0.462 e. The summed E-state index contributed by atoms with van der Waals surface area (Å²) < 4.78 is 34.7. The Morgan fingerprint density at radius 1 is 0.348 bits per heavy atom. The monoisotopic (exact) mass is 1300 g/mol. The first-order chi connectivity index (χ1) is 45.0.